The maximum Gasteiger partial charge on any atom is 0.194 e. The fourth-order valence-corrected chi connectivity index (χ4v) is 11.0. The summed E-state index contributed by atoms with van der Waals surface area (Å²) in [6, 6.07) is 56.0. The second-order valence-electron chi connectivity index (χ2n) is 14.3. The van der Waals surface area contributed by atoms with Gasteiger partial charge in [0.25, 0.3) is 0 Å². The highest BCUT2D eigenvalue weighted by atomic mass is 31.1. The van der Waals surface area contributed by atoms with Crippen LogP contribution >= 0.6 is 15.8 Å². The van der Waals surface area contributed by atoms with Gasteiger partial charge < -0.3 is 0 Å². The van der Waals surface area contributed by atoms with Gasteiger partial charge in [-0.1, -0.05) is 187 Å². The summed E-state index contributed by atoms with van der Waals surface area (Å²) >= 11 is 0. The first-order valence-corrected chi connectivity index (χ1v) is 19.3. The van der Waals surface area contributed by atoms with Gasteiger partial charge in [-0.25, -0.2) is 0 Å². The molecule has 0 N–H and O–H groups in total. The summed E-state index contributed by atoms with van der Waals surface area (Å²) in [5.74, 6) is 0.0830. The highest BCUT2D eigenvalue weighted by Gasteiger charge is 2.30. The van der Waals surface area contributed by atoms with Gasteiger partial charge in [-0.15, -0.1) is 0 Å². The molecule has 0 aromatic heterocycles. The number of ketones is 1. The Hall–Kier alpha value is -4.15. The molecule has 0 bridgehead atoms. The Labute approximate surface area is 289 Å². The van der Waals surface area contributed by atoms with Crippen molar-refractivity contribution in [1.29, 1.82) is 0 Å². The Balaban J connectivity index is 1.63. The number of carbonyl (C=O) groups excluding carboxylic acids is 1. The van der Waals surface area contributed by atoms with E-state index in [1.54, 1.807) is 0 Å². The lowest BCUT2D eigenvalue weighted by Crippen LogP contribution is -2.31. The predicted molar refractivity (Wildman–Crippen MR) is 211 cm³/mol. The van der Waals surface area contributed by atoms with Crippen molar-refractivity contribution in [3.63, 3.8) is 0 Å². The molecule has 0 radical (unpaired) electrons. The van der Waals surface area contributed by atoms with E-state index in [1.807, 2.05) is 0 Å². The van der Waals surface area contributed by atoms with Gasteiger partial charge in [0.05, 0.1) is 0 Å². The maximum atomic E-state index is 15.4. The molecular weight excluding hydrogens is 618 g/mol. The number of rotatable bonds is 8. The summed E-state index contributed by atoms with van der Waals surface area (Å²) < 4.78 is 0. The Kier molecular flexibility index (Phi) is 9.94. The normalized spacial score (nSPS) is 12.0. The van der Waals surface area contributed by atoms with E-state index < -0.39 is 15.8 Å². The fourth-order valence-electron chi connectivity index (χ4n) is 6.06. The molecule has 6 aromatic carbocycles. The molecule has 0 unspecified atom stereocenters. The second kappa shape index (κ2) is 14.1. The molecule has 0 saturated carbocycles. The molecule has 6 aromatic rings. The Morgan fingerprint density at radius 1 is 0.396 bits per heavy atom. The van der Waals surface area contributed by atoms with Crippen LogP contribution in [-0.4, -0.2) is 5.78 Å². The van der Waals surface area contributed by atoms with Gasteiger partial charge in [-0.3, -0.25) is 4.79 Å². The predicted octanol–water partition coefficient (Wildman–Crippen LogP) is 9.03. The average molecular weight is 663 g/mol. The van der Waals surface area contributed by atoms with Crippen LogP contribution in [0, 0.1) is 0 Å². The van der Waals surface area contributed by atoms with Crippen LogP contribution in [0.4, 0.5) is 0 Å². The summed E-state index contributed by atoms with van der Waals surface area (Å²) in [4.78, 5) is 15.4. The third-order valence-electron chi connectivity index (χ3n) is 8.76. The molecule has 0 aliphatic heterocycles. The van der Waals surface area contributed by atoms with Crippen molar-refractivity contribution in [2.75, 3.05) is 0 Å². The molecule has 3 heteroatoms. The van der Waals surface area contributed by atoms with E-state index >= 15 is 4.79 Å². The average Bonchev–Trinajstić information content (AvgIpc) is 3.09. The minimum absolute atomic E-state index is 0.0703. The molecular formula is C45H44OP2. The van der Waals surface area contributed by atoms with Crippen LogP contribution in [-0.2, 0) is 10.8 Å². The quantitative estimate of drug-likeness (QED) is 0.117. The topological polar surface area (TPSA) is 17.1 Å². The molecule has 0 aliphatic carbocycles. The number of hydrogen-bond acceptors (Lipinski definition) is 1. The van der Waals surface area contributed by atoms with E-state index in [2.05, 4.69) is 199 Å². The summed E-state index contributed by atoms with van der Waals surface area (Å²) in [7, 11) is -2.01. The molecule has 0 fully saturated rings. The fraction of sp³-hybridized carbons (Fsp3) is 0.178. The van der Waals surface area contributed by atoms with Gasteiger partial charge in [0.2, 0.25) is 0 Å². The SMILES string of the molecule is CC(C)(C)c1ccc(C(=O)c2ccc(C(C)(C)C)cc2P(c2ccccc2)c2ccccc2)c(P(c2ccccc2)c2ccccc2)c1. The second-order valence-corrected chi connectivity index (χ2v) is 18.7. The van der Waals surface area contributed by atoms with Crippen LogP contribution in [0.3, 0.4) is 0 Å². The lowest BCUT2D eigenvalue weighted by atomic mass is 9.85. The van der Waals surface area contributed by atoms with Crippen LogP contribution in [0.2, 0.25) is 0 Å². The Bertz CT molecular complexity index is 1760. The first kappa shape index (κ1) is 33.7. The molecule has 1 nitrogen and oxygen atoms in total. The maximum absolute atomic E-state index is 15.4. The van der Waals surface area contributed by atoms with Crippen LogP contribution < -0.4 is 31.8 Å². The zero-order valence-corrected chi connectivity index (χ0v) is 30.6. The van der Waals surface area contributed by atoms with Gasteiger partial charge in [-0.2, -0.15) is 0 Å². The molecule has 0 aliphatic rings. The zero-order chi connectivity index (χ0) is 33.9. The minimum atomic E-state index is -1.01. The van der Waals surface area contributed by atoms with E-state index in [0.717, 1.165) is 21.7 Å². The molecule has 0 amide bonds. The van der Waals surface area contributed by atoms with Crippen molar-refractivity contribution in [3.8, 4) is 0 Å². The molecule has 6 rings (SSSR count). The molecule has 0 saturated heterocycles. The molecule has 240 valence electrons. The standard InChI is InChI=1S/C45H44OP2/c1-44(2,3)33-27-29-39(41(31-33)47(35-19-11-7-12-20-35)36-21-13-8-14-22-36)43(46)40-30-28-34(45(4,5)6)32-42(40)48(37-23-15-9-16-24-37)38-25-17-10-18-26-38/h7-32H,1-6H3. The van der Waals surface area contributed by atoms with Gasteiger partial charge in [0.1, 0.15) is 0 Å². The highest BCUT2D eigenvalue weighted by molar-refractivity contribution is 7.80. The summed E-state index contributed by atoms with van der Waals surface area (Å²) in [6.45, 7) is 13.5. The minimum Gasteiger partial charge on any atom is -0.289 e. The molecule has 0 spiro atoms. The van der Waals surface area contributed by atoms with Crippen molar-refractivity contribution in [2.45, 2.75) is 52.4 Å². The van der Waals surface area contributed by atoms with Crippen molar-refractivity contribution in [3.05, 3.63) is 180 Å². The number of carbonyl (C=O) groups is 1. The molecule has 0 atom stereocenters. The first-order chi connectivity index (χ1) is 23.0. The summed E-state index contributed by atoms with van der Waals surface area (Å²) in [5, 5.41) is 7.15. The Morgan fingerprint density at radius 2 is 0.667 bits per heavy atom. The molecule has 0 heterocycles. The first-order valence-electron chi connectivity index (χ1n) is 16.7. The molecule has 48 heavy (non-hydrogen) atoms. The summed E-state index contributed by atoms with van der Waals surface area (Å²) in [6.07, 6.45) is 0. The van der Waals surface area contributed by atoms with Crippen LogP contribution in [0.15, 0.2) is 158 Å². The lowest BCUT2D eigenvalue weighted by molar-refractivity contribution is 0.104. The van der Waals surface area contributed by atoms with Gasteiger partial charge >= 0.3 is 0 Å². The van der Waals surface area contributed by atoms with Crippen molar-refractivity contribution in [1.82, 2.24) is 0 Å². The monoisotopic (exact) mass is 662 g/mol. The van der Waals surface area contributed by atoms with Crippen LogP contribution in [0.1, 0.15) is 68.6 Å². The van der Waals surface area contributed by atoms with E-state index in [0.29, 0.717) is 0 Å². The van der Waals surface area contributed by atoms with Crippen LogP contribution in [0.5, 0.6) is 0 Å². The highest BCUT2D eigenvalue weighted by Crippen LogP contribution is 2.39. The van der Waals surface area contributed by atoms with Gasteiger partial charge in [0.15, 0.2) is 5.78 Å². The smallest absolute Gasteiger partial charge is 0.194 e. The van der Waals surface area contributed by atoms with Gasteiger partial charge in [0, 0.05) is 11.1 Å². The van der Waals surface area contributed by atoms with E-state index in [4.69, 9.17) is 0 Å². The largest absolute Gasteiger partial charge is 0.289 e. The summed E-state index contributed by atoms with van der Waals surface area (Å²) in [5.41, 5.74) is 3.88. The third-order valence-corrected chi connectivity index (χ3v) is 13.7. The van der Waals surface area contributed by atoms with Crippen LogP contribution in [0.25, 0.3) is 0 Å². The lowest BCUT2D eigenvalue weighted by Gasteiger charge is -2.28. The van der Waals surface area contributed by atoms with Crippen molar-refractivity contribution >= 4 is 53.5 Å². The number of hydrogen-bond donors (Lipinski definition) is 0. The van der Waals surface area contributed by atoms with E-state index in [1.165, 1.54) is 32.3 Å². The Morgan fingerprint density at radius 3 is 0.917 bits per heavy atom. The van der Waals surface area contributed by atoms with E-state index in [9.17, 15) is 0 Å². The third kappa shape index (κ3) is 7.29. The van der Waals surface area contributed by atoms with E-state index in [-0.39, 0.29) is 16.6 Å². The van der Waals surface area contributed by atoms with Crippen molar-refractivity contribution in [2.24, 2.45) is 0 Å². The zero-order valence-electron chi connectivity index (χ0n) is 28.8. The number of benzene rings is 6. The van der Waals surface area contributed by atoms with Gasteiger partial charge in [-0.05, 0) is 81.8 Å². The van der Waals surface area contributed by atoms with Crippen molar-refractivity contribution < 1.29 is 4.79 Å².